The molecule has 0 amide bonds. The molecule has 0 saturated carbocycles. The van der Waals surface area contributed by atoms with E-state index in [0.717, 1.165) is 5.56 Å². The Hall–Kier alpha value is -1.30. The van der Waals surface area contributed by atoms with Crippen molar-refractivity contribution in [3.05, 3.63) is 23.8 Å². The molecule has 0 radical (unpaired) electrons. The normalized spacial score (nSPS) is 8.38. The lowest BCUT2D eigenvalue weighted by atomic mass is 10.1. The van der Waals surface area contributed by atoms with Gasteiger partial charge in [0.2, 0.25) is 0 Å². The summed E-state index contributed by atoms with van der Waals surface area (Å²) in [5.74, 6) is -0.179. The van der Waals surface area contributed by atoms with Gasteiger partial charge in [0.15, 0.2) is 11.5 Å². The van der Waals surface area contributed by atoms with E-state index in [1.54, 1.807) is 6.07 Å². The number of aromatic hydroxyl groups is 2. The second-order valence-electron chi connectivity index (χ2n) is 2.36. The first kappa shape index (κ1) is 14.2. The molecule has 10 N–H and O–H groups in total. The number of hydrogen-bond donors (Lipinski definition) is 5. The first-order valence-corrected chi connectivity index (χ1v) is 3.45. The quantitative estimate of drug-likeness (QED) is 0.438. The number of benzene rings is 1. The molecule has 1 rings (SSSR count). The number of rotatable bonds is 2. The molecule has 0 aliphatic carbocycles. The number of hydrogen-bond acceptors (Lipinski definition) is 5. The number of phenols is 2. The van der Waals surface area contributed by atoms with Crippen LogP contribution in [0.25, 0.3) is 0 Å². The maximum Gasteiger partial charge on any atom is 0.157 e. The molecule has 0 atom stereocenters. The number of nitrogens with two attached hydrogens (primary N) is 1. The highest BCUT2D eigenvalue weighted by Crippen LogP contribution is 2.24. The van der Waals surface area contributed by atoms with Gasteiger partial charge in [-0.25, -0.2) is 0 Å². The van der Waals surface area contributed by atoms with Gasteiger partial charge in [0.25, 0.3) is 0 Å². The van der Waals surface area contributed by atoms with Crippen LogP contribution in [-0.4, -0.2) is 16.8 Å². The van der Waals surface area contributed by atoms with E-state index in [1.165, 1.54) is 12.1 Å². The molecule has 76 valence electrons. The molecule has 0 unspecified atom stereocenters. The van der Waals surface area contributed by atoms with Crippen molar-refractivity contribution in [3.63, 3.8) is 0 Å². The molecule has 0 aromatic heterocycles. The maximum absolute atomic E-state index is 9.04. The Bertz CT molecular complexity index is 253. The van der Waals surface area contributed by atoms with Crippen LogP contribution in [0.3, 0.4) is 0 Å². The van der Waals surface area contributed by atoms with Crippen molar-refractivity contribution in [1.29, 1.82) is 0 Å². The summed E-state index contributed by atoms with van der Waals surface area (Å²) in [6.07, 6.45) is 0.716. The van der Waals surface area contributed by atoms with Gasteiger partial charge < -0.3 is 28.2 Å². The zero-order chi connectivity index (χ0) is 8.27. The molecule has 0 bridgehead atoms. The van der Waals surface area contributed by atoms with Crippen LogP contribution in [0.2, 0.25) is 0 Å². The molecular weight excluding hydrogens is 170 g/mol. The third-order valence-electron chi connectivity index (χ3n) is 1.47. The van der Waals surface area contributed by atoms with E-state index in [2.05, 4.69) is 0 Å². The molecule has 0 fully saturated rings. The largest absolute Gasteiger partial charge is 0.504 e. The Balaban J connectivity index is 0. The minimum Gasteiger partial charge on any atom is -0.504 e. The van der Waals surface area contributed by atoms with Crippen LogP contribution >= 0.6 is 0 Å². The van der Waals surface area contributed by atoms with Crippen molar-refractivity contribution in [2.75, 3.05) is 6.54 Å². The Morgan fingerprint density at radius 1 is 1.08 bits per heavy atom. The molecule has 1 aromatic rings. The van der Waals surface area contributed by atoms with Crippen LogP contribution in [0.4, 0.5) is 0 Å². The van der Waals surface area contributed by atoms with Crippen LogP contribution in [0.15, 0.2) is 18.2 Å². The van der Waals surface area contributed by atoms with Crippen molar-refractivity contribution in [2.45, 2.75) is 6.42 Å². The first-order chi connectivity index (χ1) is 5.24. The standard InChI is InChI=1S/C8H11NO2.2H3N/c9-4-3-6-1-2-7(10)8(11)5-6;;/h1-2,5,10-11H,3-4,9H2;2*1H3. The van der Waals surface area contributed by atoms with Crippen LogP contribution in [0.1, 0.15) is 5.56 Å². The average Bonchev–Trinajstić information content (AvgIpc) is 1.98. The van der Waals surface area contributed by atoms with Gasteiger partial charge in [-0.05, 0) is 30.7 Å². The van der Waals surface area contributed by atoms with Crippen molar-refractivity contribution in [1.82, 2.24) is 12.3 Å². The molecule has 0 spiro atoms. The van der Waals surface area contributed by atoms with E-state index in [9.17, 15) is 0 Å². The first-order valence-electron chi connectivity index (χ1n) is 3.45. The van der Waals surface area contributed by atoms with E-state index < -0.39 is 0 Å². The van der Waals surface area contributed by atoms with Crippen molar-refractivity contribution in [2.24, 2.45) is 5.73 Å². The molecule has 5 heteroatoms. The smallest absolute Gasteiger partial charge is 0.157 e. The monoisotopic (exact) mass is 187 g/mol. The second kappa shape index (κ2) is 6.24. The maximum atomic E-state index is 9.04. The van der Waals surface area contributed by atoms with Gasteiger partial charge in [0.05, 0.1) is 0 Å². The lowest BCUT2D eigenvalue weighted by Gasteiger charge is -2.00. The Morgan fingerprint density at radius 2 is 1.69 bits per heavy atom. The lowest BCUT2D eigenvalue weighted by molar-refractivity contribution is 0.403. The molecule has 0 saturated heterocycles. The summed E-state index contributed by atoms with van der Waals surface area (Å²) in [7, 11) is 0. The van der Waals surface area contributed by atoms with E-state index in [4.69, 9.17) is 15.9 Å². The summed E-state index contributed by atoms with van der Waals surface area (Å²) in [6.45, 7) is 0.546. The molecule has 0 aliphatic heterocycles. The minimum atomic E-state index is -0.0919. The van der Waals surface area contributed by atoms with Crippen LogP contribution in [-0.2, 0) is 6.42 Å². The van der Waals surface area contributed by atoms with E-state index in [1.807, 2.05) is 0 Å². The van der Waals surface area contributed by atoms with Crippen LogP contribution in [0, 0.1) is 0 Å². The molecule has 0 aliphatic rings. The summed E-state index contributed by atoms with van der Waals surface area (Å²) in [4.78, 5) is 0. The van der Waals surface area contributed by atoms with Gasteiger partial charge in [-0.3, -0.25) is 0 Å². The highest BCUT2D eigenvalue weighted by molar-refractivity contribution is 5.40. The van der Waals surface area contributed by atoms with Crippen LogP contribution in [0.5, 0.6) is 11.5 Å². The fourth-order valence-corrected chi connectivity index (χ4v) is 0.891. The van der Waals surface area contributed by atoms with Gasteiger partial charge in [0, 0.05) is 0 Å². The highest BCUT2D eigenvalue weighted by atomic mass is 16.3. The number of phenolic OH excluding ortho intramolecular Hbond substituents is 2. The second-order valence-corrected chi connectivity index (χ2v) is 2.36. The third-order valence-corrected chi connectivity index (χ3v) is 1.47. The fourth-order valence-electron chi connectivity index (χ4n) is 0.891. The van der Waals surface area contributed by atoms with Gasteiger partial charge in [-0.2, -0.15) is 0 Å². The van der Waals surface area contributed by atoms with E-state index in [0.29, 0.717) is 13.0 Å². The molecule has 13 heavy (non-hydrogen) atoms. The molecule has 0 heterocycles. The van der Waals surface area contributed by atoms with Crippen molar-refractivity contribution in [3.8, 4) is 11.5 Å². The Labute approximate surface area is 77.4 Å². The predicted octanol–water partition coefficient (Wildman–Crippen LogP) is 0.923. The zero-order valence-electron chi connectivity index (χ0n) is 7.53. The summed E-state index contributed by atoms with van der Waals surface area (Å²) >= 11 is 0. The average molecular weight is 187 g/mol. The lowest BCUT2D eigenvalue weighted by Crippen LogP contribution is -2.02. The summed E-state index contributed by atoms with van der Waals surface area (Å²) < 4.78 is 0. The summed E-state index contributed by atoms with van der Waals surface area (Å²) in [6, 6.07) is 4.71. The highest BCUT2D eigenvalue weighted by Gasteiger charge is 1.98. The topological polar surface area (TPSA) is 136 Å². The SMILES string of the molecule is N.N.NCCc1ccc(O)c(O)c1. The van der Waals surface area contributed by atoms with E-state index >= 15 is 0 Å². The molecule has 5 nitrogen and oxygen atoms in total. The van der Waals surface area contributed by atoms with Gasteiger partial charge >= 0.3 is 0 Å². The van der Waals surface area contributed by atoms with Crippen molar-refractivity contribution < 1.29 is 10.2 Å². The third kappa shape index (κ3) is 3.75. The molecular formula is C8H17N3O2. The Kier molecular flexibility index (Phi) is 6.84. The van der Waals surface area contributed by atoms with Gasteiger partial charge in [-0.1, -0.05) is 6.07 Å². The fraction of sp³-hybridized carbons (Fsp3) is 0.250. The summed E-state index contributed by atoms with van der Waals surface area (Å²) in [5.41, 5.74) is 6.24. The van der Waals surface area contributed by atoms with Gasteiger partial charge in [0.1, 0.15) is 0 Å². The Morgan fingerprint density at radius 3 is 2.15 bits per heavy atom. The van der Waals surface area contributed by atoms with E-state index in [-0.39, 0.29) is 23.8 Å². The zero-order valence-corrected chi connectivity index (χ0v) is 7.53. The molecule has 1 aromatic carbocycles. The minimum absolute atomic E-state index is 0. The van der Waals surface area contributed by atoms with Gasteiger partial charge in [-0.15, -0.1) is 0 Å². The van der Waals surface area contributed by atoms with Crippen molar-refractivity contribution >= 4 is 0 Å². The summed E-state index contributed by atoms with van der Waals surface area (Å²) in [5, 5.41) is 18.0. The predicted molar refractivity (Wildman–Crippen MR) is 52.6 cm³/mol. The van der Waals surface area contributed by atoms with Crippen LogP contribution < -0.4 is 18.0 Å².